The van der Waals surface area contributed by atoms with Gasteiger partial charge in [-0.25, -0.2) is 4.99 Å². The van der Waals surface area contributed by atoms with Gasteiger partial charge in [-0.1, -0.05) is 42.3 Å². The summed E-state index contributed by atoms with van der Waals surface area (Å²) in [6.07, 6.45) is 7.20. The van der Waals surface area contributed by atoms with Crippen molar-refractivity contribution in [3.63, 3.8) is 0 Å². The number of ether oxygens (including phenoxy) is 2. The molecule has 1 fully saturated rings. The molecule has 1 amide bonds. The van der Waals surface area contributed by atoms with Gasteiger partial charge in [0.1, 0.15) is 6.61 Å². The molecule has 1 heterocycles. The summed E-state index contributed by atoms with van der Waals surface area (Å²) in [6.45, 7) is 2.53. The van der Waals surface area contributed by atoms with Crippen molar-refractivity contribution in [2.24, 2.45) is 4.99 Å². The summed E-state index contributed by atoms with van der Waals surface area (Å²) in [6, 6.07) is 22.9. The van der Waals surface area contributed by atoms with Crippen LogP contribution >= 0.6 is 34.4 Å². The molecule has 0 unspecified atom stereocenters. The highest BCUT2D eigenvalue weighted by Gasteiger charge is 2.34. The number of anilines is 1. The number of aliphatic imine (C=N–C) groups is 1. The summed E-state index contributed by atoms with van der Waals surface area (Å²) in [5.74, 6) is 3.53. The standard InChI is InChI=1S/C27H21IN2O3S/c1-3-15-33-25-22(28)16-19(17-23(25)32-4-2)18-24-26(31)30(21-13-9-6-10-14-21)27(34-24)29-20-11-7-5-8-12-20/h1,5-14,16-18H,4,15H2,2H3/b24-18+,29-27?. The fourth-order valence-electron chi connectivity index (χ4n) is 3.31. The first-order valence-electron chi connectivity index (χ1n) is 10.6. The Kier molecular flexibility index (Phi) is 7.93. The minimum atomic E-state index is -0.133. The van der Waals surface area contributed by atoms with E-state index in [4.69, 9.17) is 20.9 Å². The first-order valence-corrected chi connectivity index (χ1v) is 12.5. The highest BCUT2D eigenvalue weighted by molar-refractivity contribution is 14.1. The van der Waals surface area contributed by atoms with E-state index in [2.05, 4.69) is 28.5 Å². The van der Waals surface area contributed by atoms with Crippen molar-refractivity contribution in [1.29, 1.82) is 0 Å². The predicted octanol–water partition coefficient (Wildman–Crippen LogP) is 6.51. The van der Waals surface area contributed by atoms with Gasteiger partial charge >= 0.3 is 0 Å². The maximum Gasteiger partial charge on any atom is 0.271 e. The third-order valence-electron chi connectivity index (χ3n) is 4.73. The molecule has 0 saturated carbocycles. The van der Waals surface area contributed by atoms with Crippen LogP contribution in [0.5, 0.6) is 11.5 Å². The van der Waals surface area contributed by atoms with Crippen molar-refractivity contribution < 1.29 is 14.3 Å². The number of rotatable bonds is 7. The molecule has 3 aromatic rings. The molecule has 34 heavy (non-hydrogen) atoms. The average Bonchev–Trinajstić information content (AvgIpc) is 3.14. The molecular formula is C27H21IN2O3S. The number of hydrogen-bond acceptors (Lipinski definition) is 5. The second-order valence-corrected chi connectivity index (χ2v) is 9.24. The number of terminal acetylenes is 1. The van der Waals surface area contributed by atoms with Crippen molar-refractivity contribution in [2.75, 3.05) is 18.1 Å². The smallest absolute Gasteiger partial charge is 0.271 e. The summed E-state index contributed by atoms with van der Waals surface area (Å²) in [7, 11) is 0. The maximum atomic E-state index is 13.5. The van der Waals surface area contributed by atoms with Crippen LogP contribution < -0.4 is 14.4 Å². The molecule has 5 nitrogen and oxygen atoms in total. The summed E-state index contributed by atoms with van der Waals surface area (Å²) < 4.78 is 12.3. The fourth-order valence-corrected chi connectivity index (χ4v) is 5.09. The van der Waals surface area contributed by atoms with E-state index in [1.807, 2.05) is 85.8 Å². The minimum Gasteiger partial charge on any atom is -0.490 e. The highest BCUT2D eigenvalue weighted by Crippen LogP contribution is 2.39. The molecule has 7 heteroatoms. The van der Waals surface area contributed by atoms with Crippen LogP contribution in [0.4, 0.5) is 11.4 Å². The molecule has 1 aliphatic rings. The zero-order valence-corrected chi connectivity index (χ0v) is 21.4. The number of hydrogen-bond donors (Lipinski definition) is 0. The van der Waals surface area contributed by atoms with Crippen LogP contribution in [0.1, 0.15) is 12.5 Å². The Labute approximate surface area is 217 Å². The van der Waals surface area contributed by atoms with Crippen LogP contribution in [0.25, 0.3) is 6.08 Å². The van der Waals surface area contributed by atoms with E-state index in [0.717, 1.165) is 20.5 Å². The Morgan fingerprint density at radius 1 is 1.09 bits per heavy atom. The number of benzene rings is 3. The molecule has 0 spiro atoms. The van der Waals surface area contributed by atoms with Crippen molar-refractivity contribution in [1.82, 2.24) is 0 Å². The van der Waals surface area contributed by atoms with E-state index in [1.165, 1.54) is 11.8 Å². The molecule has 0 aliphatic carbocycles. The van der Waals surface area contributed by atoms with E-state index in [0.29, 0.717) is 28.2 Å². The molecule has 1 aliphatic heterocycles. The van der Waals surface area contributed by atoms with Gasteiger partial charge in [0.15, 0.2) is 16.7 Å². The van der Waals surface area contributed by atoms with Crippen LogP contribution in [0.2, 0.25) is 0 Å². The van der Waals surface area contributed by atoms with Gasteiger partial charge in [0, 0.05) is 0 Å². The van der Waals surface area contributed by atoms with Gasteiger partial charge in [0.2, 0.25) is 0 Å². The monoisotopic (exact) mass is 580 g/mol. The topological polar surface area (TPSA) is 51.1 Å². The van der Waals surface area contributed by atoms with E-state index >= 15 is 0 Å². The van der Waals surface area contributed by atoms with E-state index in [9.17, 15) is 4.79 Å². The van der Waals surface area contributed by atoms with Crippen LogP contribution in [0.3, 0.4) is 0 Å². The number of nitrogens with zero attached hydrogens (tertiary/aromatic N) is 2. The highest BCUT2D eigenvalue weighted by atomic mass is 127. The zero-order chi connectivity index (χ0) is 23.9. The summed E-state index contributed by atoms with van der Waals surface area (Å²) in [4.78, 5) is 20.4. The van der Waals surface area contributed by atoms with Crippen molar-refractivity contribution in [3.05, 3.63) is 86.8 Å². The summed E-state index contributed by atoms with van der Waals surface area (Å²) in [5, 5.41) is 0.599. The van der Waals surface area contributed by atoms with Gasteiger partial charge < -0.3 is 9.47 Å². The maximum absolute atomic E-state index is 13.5. The van der Waals surface area contributed by atoms with Crippen LogP contribution in [0, 0.1) is 15.9 Å². The minimum absolute atomic E-state index is 0.133. The normalized spacial score (nSPS) is 15.6. The number of para-hydroxylation sites is 2. The van der Waals surface area contributed by atoms with E-state index < -0.39 is 0 Å². The second-order valence-electron chi connectivity index (χ2n) is 7.07. The van der Waals surface area contributed by atoms with Crippen molar-refractivity contribution in [2.45, 2.75) is 6.92 Å². The fraction of sp³-hybridized carbons (Fsp3) is 0.111. The number of halogens is 1. The molecular weight excluding hydrogens is 559 g/mol. The Morgan fingerprint density at radius 3 is 2.47 bits per heavy atom. The molecule has 4 rings (SSSR count). The van der Waals surface area contributed by atoms with E-state index in [1.54, 1.807) is 4.90 Å². The van der Waals surface area contributed by atoms with Gasteiger partial charge in [-0.15, -0.1) is 6.42 Å². The average molecular weight is 580 g/mol. The molecule has 0 radical (unpaired) electrons. The van der Waals surface area contributed by atoms with Crippen molar-refractivity contribution >= 4 is 62.9 Å². The van der Waals surface area contributed by atoms with Gasteiger partial charge in [-0.2, -0.15) is 0 Å². The molecule has 1 saturated heterocycles. The van der Waals surface area contributed by atoms with E-state index in [-0.39, 0.29) is 12.5 Å². The number of amidine groups is 1. The molecule has 0 N–H and O–H groups in total. The molecule has 0 aromatic heterocycles. The molecule has 3 aromatic carbocycles. The van der Waals surface area contributed by atoms with Crippen LogP contribution in [-0.4, -0.2) is 24.3 Å². The van der Waals surface area contributed by atoms with Crippen LogP contribution in [0.15, 0.2) is 82.7 Å². The lowest BCUT2D eigenvalue weighted by molar-refractivity contribution is -0.113. The van der Waals surface area contributed by atoms with Crippen LogP contribution in [-0.2, 0) is 4.79 Å². The van der Waals surface area contributed by atoms with Gasteiger partial charge in [-0.05, 0) is 89.3 Å². The number of carbonyl (C=O) groups excluding carboxylic acids is 1. The summed E-state index contributed by atoms with van der Waals surface area (Å²) in [5.41, 5.74) is 2.37. The SMILES string of the molecule is C#CCOc1c(I)cc(/C=C2/SC(=Nc3ccccc3)N(c3ccccc3)C2=O)cc1OCC. The third-order valence-corrected chi connectivity index (χ3v) is 6.50. The third kappa shape index (κ3) is 5.46. The lowest BCUT2D eigenvalue weighted by Gasteiger charge is -2.15. The Morgan fingerprint density at radius 2 is 1.79 bits per heavy atom. The quantitative estimate of drug-likeness (QED) is 0.182. The van der Waals surface area contributed by atoms with Crippen molar-refractivity contribution in [3.8, 4) is 23.8 Å². The second kappa shape index (κ2) is 11.3. The number of carbonyl (C=O) groups is 1. The molecule has 170 valence electrons. The zero-order valence-electron chi connectivity index (χ0n) is 18.4. The predicted molar refractivity (Wildman–Crippen MR) is 148 cm³/mol. The number of amides is 1. The Balaban J connectivity index is 1.74. The lowest BCUT2D eigenvalue weighted by Crippen LogP contribution is -2.28. The summed E-state index contributed by atoms with van der Waals surface area (Å²) >= 11 is 3.53. The largest absolute Gasteiger partial charge is 0.490 e. The first-order chi connectivity index (χ1) is 16.6. The molecule has 0 bridgehead atoms. The Bertz CT molecular complexity index is 1280. The van der Waals surface area contributed by atoms with Gasteiger partial charge in [0.25, 0.3) is 5.91 Å². The van der Waals surface area contributed by atoms with Gasteiger partial charge in [0.05, 0.1) is 26.5 Å². The first kappa shape index (κ1) is 23.9. The number of thioether (sulfide) groups is 1. The Hall–Kier alpha value is -3.22. The van der Waals surface area contributed by atoms with Gasteiger partial charge in [-0.3, -0.25) is 9.69 Å². The molecule has 0 atom stereocenters. The lowest BCUT2D eigenvalue weighted by atomic mass is 10.1.